The first-order valence-corrected chi connectivity index (χ1v) is 5.11. The summed E-state index contributed by atoms with van der Waals surface area (Å²) in [6, 6.07) is 4.24. The predicted octanol–water partition coefficient (Wildman–Crippen LogP) is 2.28. The molecule has 0 spiro atoms. The molecule has 0 aromatic carbocycles. The zero-order valence-electron chi connectivity index (χ0n) is 9.17. The van der Waals surface area contributed by atoms with E-state index in [1.807, 2.05) is 26.0 Å². The van der Waals surface area contributed by atoms with Crippen molar-refractivity contribution in [3.63, 3.8) is 0 Å². The quantitative estimate of drug-likeness (QED) is 0.710. The van der Waals surface area contributed by atoms with Gasteiger partial charge in [-0.15, -0.1) is 0 Å². The second-order valence-corrected chi connectivity index (χ2v) is 3.32. The Balaban J connectivity index is 2.25. The van der Waals surface area contributed by atoms with Gasteiger partial charge >= 0.3 is 0 Å². The Hall–Kier alpha value is -0.800. The number of rotatable bonds is 6. The highest BCUT2D eigenvalue weighted by atomic mass is 16.5. The molecule has 0 aliphatic rings. The molecule has 1 aromatic heterocycles. The number of hydrogen-bond donors (Lipinski definition) is 1. The Labute approximate surface area is 85.4 Å². The van der Waals surface area contributed by atoms with Gasteiger partial charge in [0.05, 0.1) is 12.6 Å². The topological polar surface area (TPSA) is 34.4 Å². The maximum Gasteiger partial charge on any atom is 0.120 e. The molecule has 1 rings (SSSR count). The fourth-order valence-electron chi connectivity index (χ4n) is 1.28. The van der Waals surface area contributed by atoms with E-state index in [9.17, 15) is 0 Å². The summed E-state index contributed by atoms with van der Waals surface area (Å²) in [4.78, 5) is 0. The van der Waals surface area contributed by atoms with Crippen molar-refractivity contribution in [3.05, 3.63) is 23.7 Å². The Morgan fingerprint density at radius 3 is 2.86 bits per heavy atom. The van der Waals surface area contributed by atoms with E-state index in [1.165, 1.54) is 0 Å². The predicted molar refractivity (Wildman–Crippen MR) is 56.4 cm³/mol. The third-order valence-electron chi connectivity index (χ3n) is 2.09. The molecule has 0 aliphatic carbocycles. The van der Waals surface area contributed by atoms with Crippen LogP contribution in [0.15, 0.2) is 16.5 Å². The van der Waals surface area contributed by atoms with E-state index in [-0.39, 0.29) is 6.04 Å². The smallest absolute Gasteiger partial charge is 0.120 e. The molecular weight excluding hydrogens is 178 g/mol. The molecule has 3 nitrogen and oxygen atoms in total. The highest BCUT2D eigenvalue weighted by molar-refractivity contribution is 5.08. The lowest BCUT2D eigenvalue weighted by molar-refractivity contribution is 0.146. The van der Waals surface area contributed by atoms with Gasteiger partial charge in [-0.2, -0.15) is 0 Å². The first-order valence-electron chi connectivity index (χ1n) is 5.11. The van der Waals surface area contributed by atoms with Crippen LogP contribution in [0, 0.1) is 6.92 Å². The average molecular weight is 197 g/mol. The summed E-state index contributed by atoms with van der Waals surface area (Å²) in [5, 5.41) is 3.33. The van der Waals surface area contributed by atoms with Crippen molar-refractivity contribution in [2.24, 2.45) is 0 Å². The van der Waals surface area contributed by atoms with Gasteiger partial charge in [-0.25, -0.2) is 0 Å². The SMILES string of the molecule is CCOCCNC(C)c1ccc(C)o1. The molecule has 1 aromatic rings. The normalized spacial score (nSPS) is 13.1. The molecule has 0 fully saturated rings. The second kappa shape index (κ2) is 5.83. The number of aryl methyl sites for hydroxylation is 1. The molecular formula is C11H19NO2. The number of nitrogens with one attached hydrogen (secondary N) is 1. The van der Waals surface area contributed by atoms with E-state index >= 15 is 0 Å². The highest BCUT2D eigenvalue weighted by Gasteiger charge is 2.07. The number of hydrogen-bond acceptors (Lipinski definition) is 3. The summed E-state index contributed by atoms with van der Waals surface area (Å²) >= 11 is 0. The third-order valence-corrected chi connectivity index (χ3v) is 2.09. The maximum atomic E-state index is 5.50. The summed E-state index contributed by atoms with van der Waals surface area (Å²) in [7, 11) is 0. The molecule has 1 atom stereocenters. The number of furan rings is 1. The summed E-state index contributed by atoms with van der Waals surface area (Å²) in [5.74, 6) is 1.94. The van der Waals surface area contributed by atoms with E-state index in [0.717, 1.165) is 31.3 Å². The van der Waals surface area contributed by atoms with Crippen LogP contribution in [0.5, 0.6) is 0 Å². The molecule has 1 unspecified atom stereocenters. The second-order valence-electron chi connectivity index (χ2n) is 3.32. The minimum atomic E-state index is 0.254. The van der Waals surface area contributed by atoms with E-state index in [4.69, 9.17) is 9.15 Å². The van der Waals surface area contributed by atoms with Crippen molar-refractivity contribution >= 4 is 0 Å². The molecule has 0 radical (unpaired) electrons. The minimum Gasteiger partial charge on any atom is -0.465 e. The Kier molecular flexibility index (Phi) is 4.70. The molecule has 0 bridgehead atoms. The molecule has 14 heavy (non-hydrogen) atoms. The molecule has 0 aliphatic heterocycles. The fourth-order valence-corrected chi connectivity index (χ4v) is 1.28. The van der Waals surface area contributed by atoms with Gasteiger partial charge in [0.2, 0.25) is 0 Å². The molecule has 3 heteroatoms. The zero-order chi connectivity index (χ0) is 10.4. The first kappa shape index (κ1) is 11.3. The van der Waals surface area contributed by atoms with Gasteiger partial charge in [0.1, 0.15) is 11.5 Å². The van der Waals surface area contributed by atoms with Gasteiger partial charge in [-0.1, -0.05) is 0 Å². The Morgan fingerprint density at radius 1 is 1.50 bits per heavy atom. The zero-order valence-corrected chi connectivity index (χ0v) is 9.17. The van der Waals surface area contributed by atoms with Crippen molar-refractivity contribution < 1.29 is 9.15 Å². The van der Waals surface area contributed by atoms with Crippen LogP contribution in [0.2, 0.25) is 0 Å². The van der Waals surface area contributed by atoms with Crippen LogP contribution < -0.4 is 5.32 Å². The van der Waals surface area contributed by atoms with Crippen LogP contribution in [0.4, 0.5) is 0 Å². The van der Waals surface area contributed by atoms with Crippen LogP contribution in [-0.4, -0.2) is 19.8 Å². The van der Waals surface area contributed by atoms with E-state index in [2.05, 4.69) is 12.2 Å². The Bertz CT molecular complexity index is 258. The third kappa shape index (κ3) is 3.52. The molecule has 1 N–H and O–H groups in total. The van der Waals surface area contributed by atoms with Gasteiger partial charge in [-0.05, 0) is 32.9 Å². The monoisotopic (exact) mass is 197 g/mol. The van der Waals surface area contributed by atoms with Crippen LogP contribution >= 0.6 is 0 Å². The van der Waals surface area contributed by atoms with Crippen molar-refractivity contribution in [3.8, 4) is 0 Å². The van der Waals surface area contributed by atoms with Gasteiger partial charge in [0, 0.05) is 13.2 Å². The van der Waals surface area contributed by atoms with Gasteiger partial charge < -0.3 is 14.5 Å². The van der Waals surface area contributed by atoms with Gasteiger partial charge in [0.25, 0.3) is 0 Å². The standard InChI is InChI=1S/C11H19NO2/c1-4-13-8-7-12-10(3)11-6-5-9(2)14-11/h5-6,10,12H,4,7-8H2,1-3H3. The number of ether oxygens (including phenoxy) is 1. The molecule has 80 valence electrons. The lowest BCUT2D eigenvalue weighted by Gasteiger charge is -2.10. The van der Waals surface area contributed by atoms with E-state index in [1.54, 1.807) is 0 Å². The van der Waals surface area contributed by atoms with Crippen LogP contribution in [0.3, 0.4) is 0 Å². The molecule has 0 saturated heterocycles. The van der Waals surface area contributed by atoms with Gasteiger partial charge in [-0.3, -0.25) is 0 Å². The lowest BCUT2D eigenvalue weighted by atomic mass is 10.2. The summed E-state index contributed by atoms with van der Waals surface area (Å²) in [6.07, 6.45) is 0. The molecule has 0 saturated carbocycles. The van der Waals surface area contributed by atoms with E-state index in [0.29, 0.717) is 0 Å². The van der Waals surface area contributed by atoms with Crippen LogP contribution in [0.1, 0.15) is 31.4 Å². The largest absolute Gasteiger partial charge is 0.465 e. The highest BCUT2D eigenvalue weighted by Crippen LogP contribution is 2.14. The molecule has 0 amide bonds. The van der Waals surface area contributed by atoms with Crippen LogP contribution in [-0.2, 0) is 4.74 Å². The van der Waals surface area contributed by atoms with Crippen molar-refractivity contribution in [1.82, 2.24) is 5.32 Å². The molecule has 1 heterocycles. The summed E-state index contributed by atoms with van der Waals surface area (Å²) < 4.78 is 10.7. The maximum absolute atomic E-state index is 5.50. The summed E-state index contributed by atoms with van der Waals surface area (Å²) in [5.41, 5.74) is 0. The van der Waals surface area contributed by atoms with Crippen molar-refractivity contribution in [1.29, 1.82) is 0 Å². The van der Waals surface area contributed by atoms with Crippen molar-refractivity contribution in [2.75, 3.05) is 19.8 Å². The average Bonchev–Trinajstić information content (AvgIpc) is 2.59. The van der Waals surface area contributed by atoms with Gasteiger partial charge in [0.15, 0.2) is 0 Å². The van der Waals surface area contributed by atoms with Crippen LogP contribution in [0.25, 0.3) is 0 Å². The van der Waals surface area contributed by atoms with E-state index < -0.39 is 0 Å². The summed E-state index contributed by atoms with van der Waals surface area (Å²) in [6.45, 7) is 8.42. The fraction of sp³-hybridized carbons (Fsp3) is 0.636. The Morgan fingerprint density at radius 2 is 2.29 bits per heavy atom. The minimum absolute atomic E-state index is 0.254. The first-order chi connectivity index (χ1) is 6.74. The lowest BCUT2D eigenvalue weighted by Crippen LogP contribution is -2.22. The van der Waals surface area contributed by atoms with Crippen molar-refractivity contribution in [2.45, 2.75) is 26.8 Å².